The van der Waals surface area contributed by atoms with Crippen molar-refractivity contribution in [2.75, 3.05) is 20.8 Å². The summed E-state index contributed by atoms with van der Waals surface area (Å²) < 4.78 is 9.54. The van der Waals surface area contributed by atoms with E-state index in [4.69, 9.17) is 9.84 Å². The molecule has 0 aliphatic carbocycles. The number of nitrogens with zero attached hydrogens (tertiary/aromatic N) is 1. The number of carbonyl (C=O) groups is 3. The SMILES string of the molecule is COC(=O)NC(C(=O)N1CCC[C@H]1C(=O)O)C(C)OC. The van der Waals surface area contributed by atoms with E-state index in [0.29, 0.717) is 19.4 Å². The standard InChI is InChI=1S/C12H20N2O6/c1-7(19-2)9(13-12(18)20-3)10(15)14-6-4-5-8(14)11(16)17/h7-9H,4-6H2,1-3H3,(H,13,18)(H,16,17)/t7?,8-,9?/m0/s1. The number of hydrogen-bond acceptors (Lipinski definition) is 5. The zero-order valence-corrected chi connectivity index (χ0v) is 11.8. The van der Waals surface area contributed by atoms with Crippen molar-refractivity contribution in [2.24, 2.45) is 0 Å². The van der Waals surface area contributed by atoms with Crippen LogP contribution in [-0.2, 0) is 19.1 Å². The molecule has 1 aliphatic heterocycles. The second kappa shape index (κ2) is 7.09. The van der Waals surface area contributed by atoms with Gasteiger partial charge in [0, 0.05) is 13.7 Å². The molecule has 0 bridgehead atoms. The molecule has 3 atom stereocenters. The van der Waals surface area contributed by atoms with E-state index in [1.165, 1.54) is 19.1 Å². The fourth-order valence-electron chi connectivity index (χ4n) is 2.17. The van der Waals surface area contributed by atoms with E-state index in [0.717, 1.165) is 0 Å². The summed E-state index contributed by atoms with van der Waals surface area (Å²) in [6.07, 6.45) is -0.336. The smallest absolute Gasteiger partial charge is 0.407 e. The molecule has 1 rings (SSSR count). The number of carboxylic acids is 1. The van der Waals surface area contributed by atoms with Gasteiger partial charge in [-0.1, -0.05) is 0 Å². The summed E-state index contributed by atoms with van der Waals surface area (Å²) >= 11 is 0. The van der Waals surface area contributed by atoms with Crippen molar-refractivity contribution in [3.63, 3.8) is 0 Å². The first-order valence-electron chi connectivity index (χ1n) is 6.33. The summed E-state index contributed by atoms with van der Waals surface area (Å²) in [5.74, 6) is -1.52. The van der Waals surface area contributed by atoms with Crippen LogP contribution in [0.15, 0.2) is 0 Å². The van der Waals surface area contributed by atoms with Gasteiger partial charge in [-0.15, -0.1) is 0 Å². The number of aliphatic carboxylic acids is 1. The van der Waals surface area contributed by atoms with Gasteiger partial charge in [0.1, 0.15) is 12.1 Å². The van der Waals surface area contributed by atoms with Crippen molar-refractivity contribution in [1.82, 2.24) is 10.2 Å². The van der Waals surface area contributed by atoms with Gasteiger partial charge in [0.15, 0.2) is 0 Å². The summed E-state index contributed by atoms with van der Waals surface area (Å²) in [6.45, 7) is 1.97. The minimum atomic E-state index is -1.04. The Balaban J connectivity index is 2.86. The number of nitrogens with one attached hydrogen (secondary N) is 1. The molecule has 2 amide bonds. The molecule has 1 heterocycles. The number of carboxylic acid groups (broad SMARTS) is 1. The number of hydrogen-bond donors (Lipinski definition) is 2. The van der Waals surface area contributed by atoms with E-state index >= 15 is 0 Å². The average molecular weight is 288 g/mol. The van der Waals surface area contributed by atoms with Crippen molar-refractivity contribution < 1.29 is 29.0 Å². The lowest BCUT2D eigenvalue weighted by atomic mass is 10.1. The van der Waals surface area contributed by atoms with Gasteiger partial charge in [0.2, 0.25) is 5.91 Å². The highest BCUT2D eigenvalue weighted by molar-refractivity contribution is 5.90. The quantitative estimate of drug-likeness (QED) is 0.727. The summed E-state index contributed by atoms with van der Waals surface area (Å²) in [4.78, 5) is 36.1. The van der Waals surface area contributed by atoms with E-state index in [9.17, 15) is 14.4 Å². The van der Waals surface area contributed by atoms with Crippen molar-refractivity contribution >= 4 is 18.0 Å². The monoisotopic (exact) mass is 288 g/mol. The molecule has 114 valence electrons. The van der Waals surface area contributed by atoms with Gasteiger partial charge in [-0.2, -0.15) is 0 Å². The van der Waals surface area contributed by atoms with Crippen molar-refractivity contribution in [3.8, 4) is 0 Å². The molecule has 8 nitrogen and oxygen atoms in total. The minimum Gasteiger partial charge on any atom is -0.480 e. The van der Waals surface area contributed by atoms with E-state index in [1.54, 1.807) is 6.92 Å². The lowest BCUT2D eigenvalue weighted by Crippen LogP contribution is -2.56. The molecule has 8 heteroatoms. The lowest BCUT2D eigenvalue weighted by molar-refractivity contribution is -0.150. The minimum absolute atomic E-state index is 0.353. The molecule has 1 fully saturated rings. The van der Waals surface area contributed by atoms with Gasteiger partial charge in [-0.3, -0.25) is 4.79 Å². The molecule has 20 heavy (non-hydrogen) atoms. The van der Waals surface area contributed by atoms with Crippen LogP contribution in [0.5, 0.6) is 0 Å². The molecular formula is C12H20N2O6. The number of likely N-dealkylation sites (tertiary alicyclic amines) is 1. The van der Waals surface area contributed by atoms with Crippen LogP contribution in [0.2, 0.25) is 0 Å². The van der Waals surface area contributed by atoms with Crippen LogP contribution < -0.4 is 5.32 Å². The second-order valence-corrected chi connectivity index (χ2v) is 4.58. The van der Waals surface area contributed by atoms with Gasteiger partial charge in [0.05, 0.1) is 13.2 Å². The maximum absolute atomic E-state index is 12.4. The van der Waals surface area contributed by atoms with Gasteiger partial charge in [-0.05, 0) is 19.8 Å². The van der Waals surface area contributed by atoms with Gasteiger partial charge in [-0.25, -0.2) is 9.59 Å². The molecule has 2 N–H and O–H groups in total. The molecule has 0 saturated carbocycles. The Labute approximate surface area is 117 Å². The molecule has 0 aromatic carbocycles. The van der Waals surface area contributed by atoms with Gasteiger partial charge in [0.25, 0.3) is 0 Å². The number of amides is 2. The van der Waals surface area contributed by atoms with Crippen LogP contribution in [0.25, 0.3) is 0 Å². The van der Waals surface area contributed by atoms with E-state index in [1.807, 2.05) is 0 Å². The second-order valence-electron chi connectivity index (χ2n) is 4.58. The highest BCUT2D eigenvalue weighted by atomic mass is 16.5. The van der Waals surface area contributed by atoms with E-state index < -0.39 is 36.2 Å². The Hall–Kier alpha value is -1.83. The maximum atomic E-state index is 12.4. The van der Waals surface area contributed by atoms with E-state index in [2.05, 4.69) is 10.1 Å². The highest BCUT2D eigenvalue weighted by Gasteiger charge is 2.39. The van der Waals surface area contributed by atoms with Crippen LogP contribution in [0.3, 0.4) is 0 Å². The Morgan fingerprint density at radius 2 is 2.00 bits per heavy atom. The predicted molar refractivity (Wildman–Crippen MR) is 68.2 cm³/mol. The number of ether oxygens (including phenoxy) is 2. The largest absolute Gasteiger partial charge is 0.480 e. The summed E-state index contributed by atoms with van der Waals surface area (Å²) in [5, 5.41) is 11.5. The van der Waals surface area contributed by atoms with Crippen LogP contribution in [-0.4, -0.2) is 66.9 Å². The molecule has 1 aliphatic rings. The Morgan fingerprint density at radius 1 is 1.35 bits per heavy atom. The normalized spacial score (nSPS) is 21.1. The Morgan fingerprint density at radius 3 is 2.50 bits per heavy atom. The predicted octanol–water partition coefficient (Wildman–Crippen LogP) is -0.178. The first kappa shape index (κ1) is 16.2. The summed E-state index contributed by atoms with van der Waals surface area (Å²) in [5.41, 5.74) is 0. The molecule has 0 spiro atoms. The number of rotatable bonds is 5. The lowest BCUT2D eigenvalue weighted by Gasteiger charge is -2.29. The molecular weight excluding hydrogens is 268 g/mol. The van der Waals surface area contributed by atoms with Crippen LogP contribution in [0.1, 0.15) is 19.8 Å². The first-order chi connectivity index (χ1) is 9.42. The van der Waals surface area contributed by atoms with E-state index in [-0.39, 0.29) is 0 Å². The Bertz CT molecular complexity index is 386. The third-order valence-electron chi connectivity index (χ3n) is 3.39. The van der Waals surface area contributed by atoms with Crippen LogP contribution in [0, 0.1) is 0 Å². The fraction of sp³-hybridized carbons (Fsp3) is 0.750. The topological polar surface area (TPSA) is 105 Å². The van der Waals surface area contributed by atoms with Gasteiger partial charge < -0.3 is 24.8 Å². The van der Waals surface area contributed by atoms with Crippen molar-refractivity contribution in [2.45, 2.75) is 38.0 Å². The third kappa shape index (κ3) is 3.60. The van der Waals surface area contributed by atoms with Crippen molar-refractivity contribution in [3.05, 3.63) is 0 Å². The van der Waals surface area contributed by atoms with Crippen LogP contribution >= 0.6 is 0 Å². The third-order valence-corrected chi connectivity index (χ3v) is 3.39. The fourth-order valence-corrected chi connectivity index (χ4v) is 2.17. The number of alkyl carbamates (subject to hydrolysis) is 1. The average Bonchev–Trinajstić information content (AvgIpc) is 2.92. The zero-order chi connectivity index (χ0) is 15.3. The number of methoxy groups -OCH3 is 2. The maximum Gasteiger partial charge on any atom is 0.407 e. The highest BCUT2D eigenvalue weighted by Crippen LogP contribution is 2.19. The number of carbonyl (C=O) groups excluding carboxylic acids is 2. The molecule has 0 radical (unpaired) electrons. The zero-order valence-electron chi connectivity index (χ0n) is 11.8. The van der Waals surface area contributed by atoms with Crippen LogP contribution in [0.4, 0.5) is 4.79 Å². The summed E-state index contributed by atoms with van der Waals surface area (Å²) in [6, 6.07) is -1.83. The van der Waals surface area contributed by atoms with Gasteiger partial charge >= 0.3 is 12.1 Å². The molecule has 0 aromatic rings. The molecule has 2 unspecified atom stereocenters. The summed E-state index contributed by atoms with van der Waals surface area (Å²) in [7, 11) is 2.59. The first-order valence-corrected chi connectivity index (χ1v) is 6.33. The Kier molecular flexibility index (Phi) is 5.75. The molecule has 0 aromatic heterocycles. The van der Waals surface area contributed by atoms with Crippen molar-refractivity contribution in [1.29, 1.82) is 0 Å². The molecule has 1 saturated heterocycles.